The Kier molecular flexibility index (Phi) is 2.78. The molecule has 2 N–H and O–H groups in total. The van der Waals surface area contributed by atoms with Crippen molar-refractivity contribution < 1.29 is 4.39 Å². The zero-order valence-corrected chi connectivity index (χ0v) is 11.2. The summed E-state index contributed by atoms with van der Waals surface area (Å²) in [4.78, 5) is 4.30. The number of halogens is 1. The van der Waals surface area contributed by atoms with E-state index in [1.54, 1.807) is 30.2 Å². The molecule has 20 heavy (non-hydrogen) atoms. The summed E-state index contributed by atoms with van der Waals surface area (Å²) in [5.74, 6) is 0.243. The summed E-state index contributed by atoms with van der Waals surface area (Å²) in [6.07, 6.45) is 3.57. The minimum atomic E-state index is -0.282. The van der Waals surface area contributed by atoms with E-state index in [1.165, 1.54) is 12.1 Å². The molecule has 1 aromatic carbocycles. The highest BCUT2D eigenvalue weighted by atomic mass is 19.1. The van der Waals surface area contributed by atoms with Crippen LogP contribution in [0, 0.1) is 5.82 Å². The van der Waals surface area contributed by atoms with Gasteiger partial charge in [-0.2, -0.15) is 5.10 Å². The van der Waals surface area contributed by atoms with Gasteiger partial charge in [0.1, 0.15) is 23.0 Å². The second-order valence-electron chi connectivity index (χ2n) is 4.66. The van der Waals surface area contributed by atoms with Gasteiger partial charge in [-0.3, -0.25) is 4.68 Å². The second-order valence-corrected chi connectivity index (χ2v) is 4.66. The van der Waals surface area contributed by atoms with E-state index in [-0.39, 0.29) is 5.82 Å². The van der Waals surface area contributed by atoms with Gasteiger partial charge in [0.15, 0.2) is 0 Å². The summed E-state index contributed by atoms with van der Waals surface area (Å²) in [6.45, 7) is 0. The first-order valence-corrected chi connectivity index (χ1v) is 6.13. The molecule has 2 aromatic heterocycles. The van der Waals surface area contributed by atoms with Gasteiger partial charge < -0.3 is 10.3 Å². The highest BCUT2D eigenvalue weighted by Gasteiger charge is 2.18. The lowest BCUT2D eigenvalue weighted by atomic mass is 10.0. The molecule has 6 heteroatoms. The lowest BCUT2D eigenvalue weighted by Crippen LogP contribution is -1.97. The molecule has 3 aromatic rings. The van der Waals surface area contributed by atoms with Crippen LogP contribution < -0.4 is 5.73 Å². The zero-order valence-electron chi connectivity index (χ0n) is 11.2. The number of rotatable bonds is 2. The molecule has 0 aliphatic carbocycles. The molecular formula is C14H14FN5. The van der Waals surface area contributed by atoms with Crippen LogP contribution in [-0.2, 0) is 14.1 Å². The molecule has 0 radical (unpaired) electrons. The van der Waals surface area contributed by atoms with Crippen molar-refractivity contribution in [1.29, 1.82) is 0 Å². The minimum absolute atomic E-state index is 0.282. The van der Waals surface area contributed by atoms with Crippen molar-refractivity contribution in [2.24, 2.45) is 14.1 Å². The summed E-state index contributed by atoms with van der Waals surface area (Å²) < 4.78 is 16.5. The maximum absolute atomic E-state index is 13.1. The molecule has 0 bridgehead atoms. The van der Waals surface area contributed by atoms with E-state index in [0.29, 0.717) is 11.5 Å². The second kappa shape index (κ2) is 4.48. The average Bonchev–Trinajstić information content (AvgIpc) is 2.97. The van der Waals surface area contributed by atoms with E-state index in [0.717, 1.165) is 16.8 Å². The Hall–Kier alpha value is -2.63. The predicted molar refractivity (Wildman–Crippen MR) is 75.2 cm³/mol. The topological polar surface area (TPSA) is 61.7 Å². The number of aromatic nitrogens is 4. The fourth-order valence-electron chi connectivity index (χ4n) is 2.15. The van der Waals surface area contributed by atoms with Gasteiger partial charge in [-0.05, 0) is 17.7 Å². The number of aryl methyl sites for hydroxylation is 2. The van der Waals surface area contributed by atoms with Crippen LogP contribution >= 0.6 is 0 Å². The Balaban J connectivity index is 2.21. The molecule has 0 unspecified atom stereocenters. The minimum Gasteiger partial charge on any atom is -0.383 e. The van der Waals surface area contributed by atoms with E-state index < -0.39 is 0 Å². The van der Waals surface area contributed by atoms with Crippen LogP contribution in [0.2, 0.25) is 0 Å². The quantitative estimate of drug-likeness (QED) is 0.777. The SMILES string of the molecule is Cn1cnc(-c2nn(C)c(N)c2-c2ccc(F)cc2)c1. The first kappa shape index (κ1) is 12.4. The largest absolute Gasteiger partial charge is 0.383 e. The molecule has 0 amide bonds. The summed E-state index contributed by atoms with van der Waals surface area (Å²) >= 11 is 0. The lowest BCUT2D eigenvalue weighted by molar-refractivity contribution is 0.628. The zero-order chi connectivity index (χ0) is 14.3. The van der Waals surface area contributed by atoms with Crippen LogP contribution in [0.3, 0.4) is 0 Å². The number of nitrogen functional groups attached to an aromatic ring is 1. The first-order valence-electron chi connectivity index (χ1n) is 6.13. The van der Waals surface area contributed by atoms with E-state index in [9.17, 15) is 4.39 Å². The third-order valence-corrected chi connectivity index (χ3v) is 3.17. The van der Waals surface area contributed by atoms with Crippen LogP contribution in [0.15, 0.2) is 36.8 Å². The Morgan fingerprint density at radius 2 is 1.85 bits per heavy atom. The summed E-state index contributed by atoms with van der Waals surface area (Å²) in [6, 6.07) is 6.19. The Morgan fingerprint density at radius 3 is 2.45 bits per heavy atom. The van der Waals surface area contributed by atoms with Crippen molar-refractivity contribution in [2.75, 3.05) is 5.73 Å². The van der Waals surface area contributed by atoms with Crippen molar-refractivity contribution in [1.82, 2.24) is 19.3 Å². The van der Waals surface area contributed by atoms with Gasteiger partial charge >= 0.3 is 0 Å². The summed E-state index contributed by atoms with van der Waals surface area (Å²) in [7, 11) is 3.66. The molecule has 2 heterocycles. The van der Waals surface area contributed by atoms with Crippen molar-refractivity contribution in [3.63, 3.8) is 0 Å². The van der Waals surface area contributed by atoms with Gasteiger partial charge in [-0.15, -0.1) is 0 Å². The normalized spacial score (nSPS) is 10.9. The molecular weight excluding hydrogens is 257 g/mol. The van der Waals surface area contributed by atoms with Gasteiger partial charge in [-0.1, -0.05) is 12.1 Å². The van der Waals surface area contributed by atoms with Crippen molar-refractivity contribution in [3.05, 3.63) is 42.6 Å². The summed E-state index contributed by atoms with van der Waals surface area (Å²) in [5, 5.41) is 4.41. The molecule has 0 fully saturated rings. The third-order valence-electron chi connectivity index (χ3n) is 3.17. The Labute approximate surface area is 115 Å². The molecule has 3 rings (SSSR count). The van der Waals surface area contributed by atoms with E-state index >= 15 is 0 Å². The maximum Gasteiger partial charge on any atom is 0.129 e. The van der Waals surface area contributed by atoms with Crippen molar-refractivity contribution in [2.45, 2.75) is 0 Å². The summed E-state index contributed by atoms with van der Waals surface area (Å²) in [5.41, 5.74) is 9.10. The number of imidazole rings is 1. The fraction of sp³-hybridized carbons (Fsp3) is 0.143. The molecule has 0 saturated carbocycles. The average molecular weight is 271 g/mol. The molecule has 0 aliphatic rings. The highest BCUT2D eigenvalue weighted by molar-refractivity contribution is 5.86. The van der Waals surface area contributed by atoms with Crippen LogP contribution in [0.1, 0.15) is 0 Å². The Bertz CT molecular complexity index is 754. The molecule has 0 saturated heterocycles. The van der Waals surface area contributed by atoms with Crippen LogP contribution in [-0.4, -0.2) is 19.3 Å². The molecule has 102 valence electrons. The molecule has 0 spiro atoms. The van der Waals surface area contributed by atoms with E-state index in [4.69, 9.17) is 5.73 Å². The number of hydrogen-bond donors (Lipinski definition) is 1. The highest BCUT2D eigenvalue weighted by Crippen LogP contribution is 2.34. The van der Waals surface area contributed by atoms with Crippen LogP contribution in [0.25, 0.3) is 22.5 Å². The number of nitrogens with zero attached hydrogens (tertiary/aromatic N) is 4. The number of hydrogen-bond acceptors (Lipinski definition) is 3. The number of nitrogens with two attached hydrogens (primary N) is 1. The Morgan fingerprint density at radius 1 is 1.15 bits per heavy atom. The van der Waals surface area contributed by atoms with Crippen molar-refractivity contribution in [3.8, 4) is 22.5 Å². The lowest BCUT2D eigenvalue weighted by Gasteiger charge is -2.02. The number of benzene rings is 1. The van der Waals surface area contributed by atoms with Gasteiger partial charge in [0.05, 0.1) is 11.9 Å². The van der Waals surface area contributed by atoms with Gasteiger partial charge in [0, 0.05) is 20.3 Å². The fourth-order valence-corrected chi connectivity index (χ4v) is 2.15. The van der Waals surface area contributed by atoms with Crippen LogP contribution in [0.5, 0.6) is 0 Å². The molecule has 0 aliphatic heterocycles. The predicted octanol–water partition coefficient (Wildman–Crippen LogP) is 2.21. The smallest absolute Gasteiger partial charge is 0.129 e. The van der Waals surface area contributed by atoms with Crippen molar-refractivity contribution >= 4 is 5.82 Å². The standard InChI is InChI=1S/C14H14FN5/c1-19-7-11(17-8-19)13-12(14(16)20(2)18-13)9-3-5-10(15)6-4-9/h3-8H,16H2,1-2H3. The van der Waals surface area contributed by atoms with Gasteiger partial charge in [0.2, 0.25) is 0 Å². The van der Waals surface area contributed by atoms with Crippen LogP contribution in [0.4, 0.5) is 10.2 Å². The maximum atomic E-state index is 13.1. The number of anilines is 1. The van der Waals surface area contributed by atoms with E-state index in [2.05, 4.69) is 10.1 Å². The monoisotopic (exact) mass is 271 g/mol. The molecule has 0 atom stereocenters. The first-order chi connectivity index (χ1) is 9.56. The molecule has 5 nitrogen and oxygen atoms in total. The van der Waals surface area contributed by atoms with Gasteiger partial charge in [-0.25, -0.2) is 9.37 Å². The van der Waals surface area contributed by atoms with E-state index in [1.807, 2.05) is 17.8 Å². The third kappa shape index (κ3) is 1.95. The van der Waals surface area contributed by atoms with Gasteiger partial charge in [0.25, 0.3) is 0 Å².